The number of phenols is 2. The molecule has 0 saturated carbocycles. The van der Waals surface area contributed by atoms with Crippen LogP contribution < -0.4 is 0 Å². The zero-order chi connectivity index (χ0) is 14.4. The van der Waals surface area contributed by atoms with Gasteiger partial charge in [-0.05, 0) is 25.0 Å². The van der Waals surface area contributed by atoms with Gasteiger partial charge >= 0.3 is 0 Å². The normalized spacial score (nSPS) is 10.7. The van der Waals surface area contributed by atoms with Crippen LogP contribution in [-0.4, -0.2) is 39.5 Å². The van der Waals surface area contributed by atoms with E-state index in [9.17, 15) is 15.0 Å². The van der Waals surface area contributed by atoms with Crippen molar-refractivity contribution in [3.05, 3.63) is 23.8 Å². The minimum Gasteiger partial charge on any atom is -0.508 e. The Hall–Kier alpha value is -1.42. The second-order valence-electron chi connectivity index (χ2n) is 4.36. The van der Waals surface area contributed by atoms with Crippen LogP contribution in [0.2, 0.25) is 0 Å². The minimum atomic E-state index is -0.258. The number of amides is 1. The number of carbonyl (C=O) groups is 1. The molecule has 5 heteroatoms. The van der Waals surface area contributed by atoms with Gasteiger partial charge in [0.15, 0.2) is 0 Å². The first-order chi connectivity index (χ1) is 9.04. The lowest BCUT2D eigenvalue weighted by Gasteiger charge is -2.30. The van der Waals surface area contributed by atoms with E-state index in [4.69, 9.17) is 11.6 Å². The van der Waals surface area contributed by atoms with E-state index < -0.39 is 0 Å². The van der Waals surface area contributed by atoms with E-state index in [1.807, 2.05) is 13.8 Å². The Labute approximate surface area is 118 Å². The molecule has 106 valence electrons. The van der Waals surface area contributed by atoms with Crippen LogP contribution in [0, 0.1) is 0 Å². The highest BCUT2D eigenvalue weighted by Gasteiger charge is 2.24. The Balaban J connectivity index is 3.04. The standard InChI is InChI=1S/C14H20ClNO3/c1-3-10(4-2)16(8-7-15)14(19)12-6-5-11(17)9-13(12)18/h5-6,9-10,17-18H,3-4,7-8H2,1-2H3. The predicted octanol–water partition coefficient (Wildman–Crippen LogP) is 2.97. The van der Waals surface area contributed by atoms with Crippen molar-refractivity contribution >= 4 is 17.5 Å². The smallest absolute Gasteiger partial charge is 0.257 e. The molecule has 0 aliphatic heterocycles. The van der Waals surface area contributed by atoms with Crippen molar-refractivity contribution < 1.29 is 15.0 Å². The van der Waals surface area contributed by atoms with Crippen LogP contribution in [0.25, 0.3) is 0 Å². The van der Waals surface area contributed by atoms with E-state index in [0.717, 1.165) is 12.8 Å². The van der Waals surface area contributed by atoms with Gasteiger partial charge in [-0.15, -0.1) is 11.6 Å². The van der Waals surface area contributed by atoms with Crippen LogP contribution in [0.3, 0.4) is 0 Å². The summed E-state index contributed by atoms with van der Waals surface area (Å²) in [5.74, 6) is -0.191. The maximum absolute atomic E-state index is 12.5. The molecule has 0 saturated heterocycles. The summed E-state index contributed by atoms with van der Waals surface area (Å²) in [5.41, 5.74) is 0.190. The van der Waals surface area contributed by atoms with Crippen molar-refractivity contribution in [3.8, 4) is 11.5 Å². The van der Waals surface area contributed by atoms with Crippen LogP contribution in [-0.2, 0) is 0 Å². The lowest BCUT2D eigenvalue weighted by atomic mass is 10.1. The third-order valence-corrected chi connectivity index (χ3v) is 3.35. The molecule has 0 bridgehead atoms. The van der Waals surface area contributed by atoms with Crippen molar-refractivity contribution in [1.82, 2.24) is 4.90 Å². The van der Waals surface area contributed by atoms with Gasteiger partial charge in [-0.1, -0.05) is 13.8 Å². The molecule has 1 aromatic rings. The van der Waals surface area contributed by atoms with Gasteiger partial charge in [0.1, 0.15) is 11.5 Å². The Morgan fingerprint density at radius 1 is 1.32 bits per heavy atom. The Kier molecular flexibility index (Phi) is 5.96. The van der Waals surface area contributed by atoms with Gasteiger partial charge in [0, 0.05) is 24.5 Å². The number of halogens is 1. The summed E-state index contributed by atoms with van der Waals surface area (Å²) in [7, 11) is 0. The number of phenolic OH excluding ortho intramolecular Hbond substituents is 2. The maximum atomic E-state index is 12.5. The van der Waals surface area contributed by atoms with Gasteiger partial charge in [0.25, 0.3) is 5.91 Å². The largest absolute Gasteiger partial charge is 0.508 e. The molecule has 4 nitrogen and oxygen atoms in total. The highest BCUT2D eigenvalue weighted by molar-refractivity contribution is 6.18. The van der Waals surface area contributed by atoms with Crippen molar-refractivity contribution in [2.24, 2.45) is 0 Å². The first-order valence-electron chi connectivity index (χ1n) is 6.44. The van der Waals surface area contributed by atoms with Gasteiger partial charge in [-0.3, -0.25) is 4.79 Å². The fraction of sp³-hybridized carbons (Fsp3) is 0.500. The number of hydrogen-bond donors (Lipinski definition) is 2. The summed E-state index contributed by atoms with van der Waals surface area (Å²) in [5, 5.41) is 19.0. The summed E-state index contributed by atoms with van der Waals surface area (Å²) in [6, 6.07) is 4.08. The van der Waals surface area contributed by atoms with Crippen molar-refractivity contribution in [2.45, 2.75) is 32.7 Å². The zero-order valence-corrected chi connectivity index (χ0v) is 12.0. The number of alkyl halides is 1. The van der Waals surface area contributed by atoms with Gasteiger partial charge in [0.2, 0.25) is 0 Å². The van der Waals surface area contributed by atoms with Crippen LogP contribution in [0.15, 0.2) is 18.2 Å². The van der Waals surface area contributed by atoms with E-state index >= 15 is 0 Å². The lowest BCUT2D eigenvalue weighted by Crippen LogP contribution is -2.41. The van der Waals surface area contributed by atoms with Crippen molar-refractivity contribution in [3.63, 3.8) is 0 Å². The number of benzene rings is 1. The molecule has 0 fully saturated rings. The summed E-state index contributed by atoms with van der Waals surface area (Å²) >= 11 is 5.75. The SMILES string of the molecule is CCC(CC)N(CCCl)C(=O)c1ccc(O)cc1O. The molecular weight excluding hydrogens is 266 g/mol. The van der Waals surface area contributed by atoms with Gasteiger partial charge in [-0.25, -0.2) is 0 Å². The quantitative estimate of drug-likeness (QED) is 0.790. The molecule has 0 aromatic heterocycles. The molecule has 0 atom stereocenters. The Morgan fingerprint density at radius 3 is 2.42 bits per heavy atom. The third-order valence-electron chi connectivity index (χ3n) is 3.18. The monoisotopic (exact) mass is 285 g/mol. The number of hydrogen-bond acceptors (Lipinski definition) is 3. The van der Waals surface area contributed by atoms with Crippen LogP contribution in [0.4, 0.5) is 0 Å². The summed E-state index contributed by atoms with van der Waals surface area (Å²) in [6.07, 6.45) is 1.66. The van der Waals surface area contributed by atoms with Crippen LogP contribution >= 0.6 is 11.6 Å². The molecule has 1 rings (SSSR count). The second-order valence-corrected chi connectivity index (χ2v) is 4.74. The van der Waals surface area contributed by atoms with E-state index in [1.165, 1.54) is 18.2 Å². The van der Waals surface area contributed by atoms with Crippen LogP contribution in [0.1, 0.15) is 37.0 Å². The molecule has 0 aliphatic carbocycles. The average Bonchev–Trinajstić information content (AvgIpc) is 2.38. The van der Waals surface area contributed by atoms with Gasteiger partial charge in [-0.2, -0.15) is 0 Å². The first-order valence-corrected chi connectivity index (χ1v) is 6.97. The second kappa shape index (κ2) is 7.24. The zero-order valence-electron chi connectivity index (χ0n) is 11.3. The molecule has 0 unspecified atom stereocenters. The predicted molar refractivity (Wildman–Crippen MR) is 75.9 cm³/mol. The summed E-state index contributed by atoms with van der Waals surface area (Å²) < 4.78 is 0. The molecular formula is C14H20ClNO3. The van der Waals surface area contributed by atoms with E-state index in [2.05, 4.69) is 0 Å². The first kappa shape index (κ1) is 15.6. The third kappa shape index (κ3) is 3.77. The molecule has 2 N–H and O–H groups in total. The molecule has 1 aromatic carbocycles. The molecule has 0 radical (unpaired) electrons. The van der Waals surface area contributed by atoms with Crippen molar-refractivity contribution in [1.29, 1.82) is 0 Å². The maximum Gasteiger partial charge on any atom is 0.257 e. The molecule has 19 heavy (non-hydrogen) atoms. The van der Waals surface area contributed by atoms with E-state index in [1.54, 1.807) is 4.90 Å². The fourth-order valence-corrected chi connectivity index (χ4v) is 2.31. The molecule has 0 aliphatic rings. The highest BCUT2D eigenvalue weighted by atomic mass is 35.5. The highest BCUT2D eigenvalue weighted by Crippen LogP contribution is 2.25. The minimum absolute atomic E-state index is 0.0690. The molecule has 0 spiro atoms. The summed E-state index contributed by atoms with van der Waals surface area (Å²) in [4.78, 5) is 14.1. The Bertz CT molecular complexity index is 433. The fourth-order valence-electron chi connectivity index (χ4n) is 2.13. The topological polar surface area (TPSA) is 60.8 Å². The number of carbonyl (C=O) groups excluding carboxylic acids is 1. The summed E-state index contributed by atoms with van der Waals surface area (Å²) in [6.45, 7) is 4.46. The van der Waals surface area contributed by atoms with Crippen molar-refractivity contribution in [2.75, 3.05) is 12.4 Å². The lowest BCUT2D eigenvalue weighted by molar-refractivity contribution is 0.0678. The van der Waals surface area contributed by atoms with Gasteiger partial charge in [0.05, 0.1) is 5.56 Å². The molecule has 1 amide bonds. The van der Waals surface area contributed by atoms with Crippen LogP contribution in [0.5, 0.6) is 11.5 Å². The van der Waals surface area contributed by atoms with Gasteiger partial charge < -0.3 is 15.1 Å². The van der Waals surface area contributed by atoms with E-state index in [0.29, 0.717) is 12.4 Å². The number of nitrogens with zero attached hydrogens (tertiary/aromatic N) is 1. The molecule has 0 heterocycles. The number of aromatic hydroxyl groups is 2. The average molecular weight is 286 g/mol. The van der Waals surface area contributed by atoms with E-state index in [-0.39, 0.29) is 29.0 Å². The Morgan fingerprint density at radius 2 is 1.95 bits per heavy atom. The number of rotatable bonds is 6.